The second-order valence-corrected chi connectivity index (χ2v) is 6.91. The molecule has 0 saturated carbocycles. The van der Waals surface area contributed by atoms with Crippen molar-refractivity contribution in [1.82, 2.24) is 4.90 Å². The number of carbonyl (C=O) groups is 1. The lowest BCUT2D eigenvalue weighted by Gasteiger charge is -2.17. The van der Waals surface area contributed by atoms with Crippen LogP contribution in [-0.2, 0) is 11.2 Å². The van der Waals surface area contributed by atoms with Crippen molar-refractivity contribution in [3.63, 3.8) is 0 Å². The van der Waals surface area contributed by atoms with Crippen LogP contribution < -0.4 is 4.74 Å². The molecule has 3 heteroatoms. The molecule has 1 fully saturated rings. The van der Waals surface area contributed by atoms with E-state index >= 15 is 0 Å². The minimum absolute atomic E-state index is 0.220. The SMILES string of the molecule is COc1ccc(C2CCN(C(=O)Cc3cccc4ccccc34)C2)cc1. The Kier molecular flexibility index (Phi) is 4.61. The third-order valence-corrected chi connectivity index (χ3v) is 5.35. The van der Waals surface area contributed by atoms with Gasteiger partial charge in [-0.15, -0.1) is 0 Å². The minimum Gasteiger partial charge on any atom is -0.497 e. The largest absolute Gasteiger partial charge is 0.497 e. The number of fused-ring (bicyclic) bond motifs is 1. The summed E-state index contributed by atoms with van der Waals surface area (Å²) in [5, 5.41) is 2.37. The number of rotatable bonds is 4. The molecule has 1 unspecified atom stereocenters. The number of hydrogen-bond acceptors (Lipinski definition) is 2. The highest BCUT2D eigenvalue weighted by Crippen LogP contribution is 2.29. The number of benzene rings is 3. The Morgan fingerprint density at radius 1 is 1.04 bits per heavy atom. The van der Waals surface area contributed by atoms with E-state index in [-0.39, 0.29) is 5.91 Å². The molecule has 0 aromatic heterocycles. The van der Waals surface area contributed by atoms with Gasteiger partial charge < -0.3 is 9.64 Å². The third kappa shape index (κ3) is 3.30. The summed E-state index contributed by atoms with van der Waals surface area (Å²) in [4.78, 5) is 14.9. The van der Waals surface area contributed by atoms with Crippen LogP contribution in [0.25, 0.3) is 10.8 Å². The zero-order valence-corrected chi connectivity index (χ0v) is 15.0. The Bertz CT molecular complexity index is 912. The molecule has 1 saturated heterocycles. The highest BCUT2D eigenvalue weighted by molar-refractivity contribution is 5.90. The Morgan fingerprint density at radius 3 is 2.62 bits per heavy atom. The lowest BCUT2D eigenvalue weighted by molar-refractivity contribution is -0.129. The summed E-state index contributed by atoms with van der Waals surface area (Å²) in [7, 11) is 1.68. The first-order valence-electron chi connectivity index (χ1n) is 9.13. The van der Waals surface area contributed by atoms with Crippen LogP contribution in [-0.4, -0.2) is 31.0 Å². The maximum atomic E-state index is 12.8. The van der Waals surface area contributed by atoms with Gasteiger partial charge in [0.05, 0.1) is 13.5 Å². The smallest absolute Gasteiger partial charge is 0.227 e. The first-order valence-corrected chi connectivity index (χ1v) is 9.13. The van der Waals surface area contributed by atoms with Gasteiger partial charge in [0.2, 0.25) is 5.91 Å². The van der Waals surface area contributed by atoms with Crippen LogP contribution >= 0.6 is 0 Å². The van der Waals surface area contributed by atoms with Gasteiger partial charge in [-0.1, -0.05) is 54.6 Å². The Hall–Kier alpha value is -2.81. The van der Waals surface area contributed by atoms with E-state index in [1.165, 1.54) is 16.3 Å². The Morgan fingerprint density at radius 2 is 1.81 bits per heavy atom. The van der Waals surface area contributed by atoms with E-state index in [1.54, 1.807) is 7.11 Å². The van der Waals surface area contributed by atoms with Gasteiger partial charge in [-0.3, -0.25) is 4.79 Å². The summed E-state index contributed by atoms with van der Waals surface area (Å²) in [5.41, 5.74) is 2.40. The lowest BCUT2D eigenvalue weighted by atomic mass is 9.98. The predicted molar refractivity (Wildman–Crippen MR) is 105 cm³/mol. The van der Waals surface area contributed by atoms with Crippen LogP contribution in [0.4, 0.5) is 0 Å². The van der Waals surface area contributed by atoms with E-state index in [9.17, 15) is 4.79 Å². The summed E-state index contributed by atoms with van der Waals surface area (Å²) in [6, 6.07) is 22.7. The number of methoxy groups -OCH3 is 1. The van der Waals surface area contributed by atoms with Gasteiger partial charge >= 0.3 is 0 Å². The fourth-order valence-electron chi connectivity index (χ4n) is 3.86. The van der Waals surface area contributed by atoms with Crippen molar-refractivity contribution in [3.8, 4) is 5.75 Å². The van der Waals surface area contributed by atoms with Gasteiger partial charge in [-0.05, 0) is 40.5 Å². The lowest BCUT2D eigenvalue weighted by Crippen LogP contribution is -2.29. The highest BCUT2D eigenvalue weighted by atomic mass is 16.5. The number of amides is 1. The third-order valence-electron chi connectivity index (χ3n) is 5.35. The molecule has 0 bridgehead atoms. The summed E-state index contributed by atoms with van der Waals surface area (Å²) in [6.07, 6.45) is 1.49. The molecule has 0 spiro atoms. The monoisotopic (exact) mass is 345 g/mol. The Labute approximate surface area is 154 Å². The maximum absolute atomic E-state index is 12.8. The molecule has 132 valence electrons. The van der Waals surface area contributed by atoms with E-state index in [0.29, 0.717) is 12.3 Å². The van der Waals surface area contributed by atoms with Crippen LogP contribution in [0.1, 0.15) is 23.5 Å². The second-order valence-electron chi connectivity index (χ2n) is 6.91. The molecular weight excluding hydrogens is 322 g/mol. The van der Waals surface area contributed by atoms with Crippen LogP contribution in [0.5, 0.6) is 5.75 Å². The summed E-state index contributed by atoms with van der Waals surface area (Å²) in [5.74, 6) is 1.50. The first-order chi connectivity index (χ1) is 12.7. The van der Waals surface area contributed by atoms with Gasteiger partial charge in [0.15, 0.2) is 0 Å². The van der Waals surface area contributed by atoms with Crippen molar-refractivity contribution >= 4 is 16.7 Å². The topological polar surface area (TPSA) is 29.5 Å². The van der Waals surface area contributed by atoms with E-state index in [1.807, 2.05) is 35.2 Å². The highest BCUT2D eigenvalue weighted by Gasteiger charge is 2.27. The molecule has 1 heterocycles. The molecule has 26 heavy (non-hydrogen) atoms. The first kappa shape index (κ1) is 16.6. The van der Waals surface area contributed by atoms with Crippen LogP contribution in [0.15, 0.2) is 66.7 Å². The predicted octanol–water partition coefficient (Wildman–Crippen LogP) is 4.41. The number of hydrogen-bond donors (Lipinski definition) is 0. The second kappa shape index (κ2) is 7.20. The zero-order valence-electron chi connectivity index (χ0n) is 15.0. The fraction of sp³-hybridized carbons (Fsp3) is 0.261. The standard InChI is InChI=1S/C23H23NO2/c1-26-21-11-9-17(10-12-21)20-13-14-24(16-20)23(25)15-19-7-4-6-18-5-2-3-8-22(18)19/h2-12,20H,13-16H2,1H3. The van der Waals surface area contributed by atoms with Crippen molar-refractivity contribution in [1.29, 1.82) is 0 Å². The molecule has 3 aromatic carbocycles. The van der Waals surface area contributed by atoms with Crippen molar-refractivity contribution in [3.05, 3.63) is 77.9 Å². The zero-order chi connectivity index (χ0) is 17.9. The molecule has 4 rings (SSSR count). The number of likely N-dealkylation sites (tertiary alicyclic amines) is 1. The van der Waals surface area contributed by atoms with Crippen LogP contribution in [0.3, 0.4) is 0 Å². The van der Waals surface area contributed by atoms with Crippen LogP contribution in [0.2, 0.25) is 0 Å². The van der Waals surface area contributed by atoms with Gasteiger partial charge in [0.1, 0.15) is 5.75 Å². The van der Waals surface area contributed by atoms with Crippen molar-refractivity contribution in [2.45, 2.75) is 18.8 Å². The van der Waals surface area contributed by atoms with E-state index < -0.39 is 0 Å². The van der Waals surface area contributed by atoms with Crippen LogP contribution in [0, 0.1) is 0 Å². The molecule has 3 nitrogen and oxygen atoms in total. The molecule has 1 aliphatic heterocycles. The van der Waals surface area contributed by atoms with Gasteiger partial charge in [0.25, 0.3) is 0 Å². The molecular formula is C23H23NO2. The van der Waals surface area contributed by atoms with E-state index in [0.717, 1.165) is 30.8 Å². The van der Waals surface area contributed by atoms with Crippen molar-refractivity contribution < 1.29 is 9.53 Å². The quantitative estimate of drug-likeness (QED) is 0.701. The molecule has 1 amide bonds. The normalized spacial score (nSPS) is 16.8. The average molecular weight is 345 g/mol. The maximum Gasteiger partial charge on any atom is 0.227 e. The van der Waals surface area contributed by atoms with E-state index in [2.05, 4.69) is 36.4 Å². The van der Waals surface area contributed by atoms with Crippen molar-refractivity contribution in [2.75, 3.05) is 20.2 Å². The molecule has 0 radical (unpaired) electrons. The Balaban J connectivity index is 1.45. The fourth-order valence-corrected chi connectivity index (χ4v) is 3.86. The molecule has 0 N–H and O–H groups in total. The van der Waals surface area contributed by atoms with Gasteiger partial charge in [-0.25, -0.2) is 0 Å². The molecule has 3 aromatic rings. The summed E-state index contributed by atoms with van der Waals surface area (Å²) < 4.78 is 5.23. The number of nitrogens with zero attached hydrogens (tertiary/aromatic N) is 1. The minimum atomic E-state index is 0.220. The van der Waals surface area contributed by atoms with Gasteiger partial charge in [-0.2, -0.15) is 0 Å². The number of carbonyl (C=O) groups excluding carboxylic acids is 1. The summed E-state index contributed by atoms with van der Waals surface area (Å²) in [6.45, 7) is 1.64. The molecule has 1 atom stereocenters. The van der Waals surface area contributed by atoms with Crippen molar-refractivity contribution in [2.24, 2.45) is 0 Å². The molecule has 1 aliphatic rings. The number of ether oxygens (including phenoxy) is 1. The summed E-state index contributed by atoms with van der Waals surface area (Å²) >= 11 is 0. The van der Waals surface area contributed by atoms with E-state index in [4.69, 9.17) is 4.74 Å². The van der Waals surface area contributed by atoms with Gasteiger partial charge in [0, 0.05) is 19.0 Å². The average Bonchev–Trinajstić information content (AvgIpc) is 3.19. The molecule has 0 aliphatic carbocycles.